The van der Waals surface area contributed by atoms with E-state index in [-0.39, 0.29) is 11.4 Å². The lowest BCUT2D eigenvalue weighted by molar-refractivity contribution is 0.616. The lowest BCUT2D eigenvalue weighted by Gasteiger charge is -2.11. The van der Waals surface area contributed by atoms with Gasteiger partial charge in [-0.25, -0.2) is 9.38 Å². The molecule has 0 aliphatic heterocycles. The van der Waals surface area contributed by atoms with Crippen LogP contribution in [0.4, 0.5) is 0 Å². The molecule has 10 heteroatoms. The van der Waals surface area contributed by atoms with Gasteiger partial charge in [0.2, 0.25) is 5.95 Å². The SMILES string of the molecule is O=c1c2ccccc2oc2nc3c4c5ccccc5n(-c5nc(-c6ccc7c(c6)oc6ccccc67)nc(-c6ccc7c(c6)oc6ccccc67)n5)c4ccc3n12. The Hall–Kier alpha value is -8.11. The van der Waals surface area contributed by atoms with Crippen LogP contribution in [-0.2, 0) is 0 Å². The van der Waals surface area contributed by atoms with Gasteiger partial charge in [-0.1, -0.05) is 78.9 Å². The first kappa shape index (κ1) is 30.2. The maximum Gasteiger partial charge on any atom is 0.310 e. The summed E-state index contributed by atoms with van der Waals surface area (Å²) in [4.78, 5) is 34.2. The maximum atomic E-state index is 13.8. The molecule has 0 spiro atoms. The Balaban J connectivity index is 1.09. The van der Waals surface area contributed by atoms with E-state index in [4.69, 9.17) is 33.2 Å². The van der Waals surface area contributed by atoms with E-state index in [0.717, 1.165) is 76.8 Å². The van der Waals surface area contributed by atoms with Crippen LogP contribution in [0, 0.1) is 0 Å². The first-order valence-electron chi connectivity index (χ1n) is 18.5. The molecule has 0 amide bonds. The quantitative estimate of drug-likeness (QED) is 0.176. The van der Waals surface area contributed by atoms with Crippen LogP contribution in [0.15, 0.2) is 164 Å². The Labute approximate surface area is 319 Å². The molecule has 6 aromatic heterocycles. The van der Waals surface area contributed by atoms with Crippen molar-refractivity contribution < 1.29 is 13.3 Å². The fraction of sp³-hybridized carbons (Fsp3) is 0. The lowest BCUT2D eigenvalue weighted by Crippen LogP contribution is -2.12. The molecule has 0 N–H and O–H groups in total. The van der Waals surface area contributed by atoms with Gasteiger partial charge in [0.25, 0.3) is 5.56 Å². The standard InChI is InChI=1S/C47H24N6O4/c54-45-32-12-4-8-16-38(32)57-47-48-42-35(53(45)47)22-21-34-41(42)31-11-1-5-13-33(31)52(34)46-50-43(25-17-19-29-27-9-2-6-14-36(27)55-39(29)23-25)49-44(51-46)26-18-20-30-28-10-3-7-15-37(28)56-40(30)24-26/h1-24H. The van der Waals surface area contributed by atoms with Crippen molar-refractivity contribution in [3.05, 3.63) is 156 Å². The van der Waals surface area contributed by atoms with Gasteiger partial charge in [-0.3, -0.25) is 9.36 Å². The summed E-state index contributed by atoms with van der Waals surface area (Å²) < 4.78 is 22.4. The molecule has 0 saturated carbocycles. The van der Waals surface area contributed by atoms with Crippen LogP contribution in [-0.4, -0.2) is 28.9 Å². The average Bonchev–Trinajstić information content (AvgIpc) is 4.01. The summed E-state index contributed by atoms with van der Waals surface area (Å²) in [5.74, 6) is 1.59. The van der Waals surface area contributed by atoms with Crippen LogP contribution in [0.1, 0.15) is 0 Å². The first-order valence-corrected chi connectivity index (χ1v) is 18.5. The monoisotopic (exact) mass is 736 g/mol. The summed E-state index contributed by atoms with van der Waals surface area (Å²) in [6, 6.07) is 47.4. The highest BCUT2D eigenvalue weighted by Crippen LogP contribution is 2.38. The molecule has 266 valence electrons. The molecule has 0 saturated heterocycles. The molecular formula is C47H24N6O4. The second-order valence-electron chi connectivity index (χ2n) is 14.2. The van der Waals surface area contributed by atoms with Gasteiger partial charge in [-0.2, -0.15) is 15.0 Å². The van der Waals surface area contributed by atoms with Gasteiger partial charge in [0, 0.05) is 43.4 Å². The minimum absolute atomic E-state index is 0.188. The van der Waals surface area contributed by atoms with Gasteiger partial charge in [0.05, 0.1) is 21.9 Å². The summed E-state index contributed by atoms with van der Waals surface area (Å²) >= 11 is 0. The minimum Gasteiger partial charge on any atom is -0.456 e. The summed E-state index contributed by atoms with van der Waals surface area (Å²) in [6.45, 7) is 0. The van der Waals surface area contributed by atoms with Gasteiger partial charge >= 0.3 is 5.84 Å². The molecule has 13 aromatic rings. The number of hydrogen-bond acceptors (Lipinski definition) is 8. The van der Waals surface area contributed by atoms with Gasteiger partial charge in [0.1, 0.15) is 33.4 Å². The minimum atomic E-state index is -0.188. The topological polar surface area (TPSA) is 117 Å². The van der Waals surface area contributed by atoms with Crippen molar-refractivity contribution in [2.45, 2.75) is 0 Å². The summed E-state index contributed by atoms with van der Waals surface area (Å²) in [5.41, 5.74) is 7.91. The molecule has 13 rings (SSSR count). The van der Waals surface area contributed by atoms with Crippen molar-refractivity contribution in [1.29, 1.82) is 0 Å². The maximum absolute atomic E-state index is 13.8. The van der Waals surface area contributed by atoms with Crippen molar-refractivity contribution in [3.8, 4) is 28.7 Å². The van der Waals surface area contributed by atoms with Crippen molar-refractivity contribution in [2.24, 2.45) is 0 Å². The third-order valence-corrected chi connectivity index (χ3v) is 11.0. The fourth-order valence-corrected chi connectivity index (χ4v) is 8.46. The molecule has 6 heterocycles. The molecule has 10 nitrogen and oxygen atoms in total. The molecule has 57 heavy (non-hydrogen) atoms. The highest BCUT2D eigenvalue weighted by atomic mass is 16.4. The van der Waals surface area contributed by atoms with E-state index in [1.807, 2.05) is 108 Å². The second-order valence-corrected chi connectivity index (χ2v) is 14.2. The Morgan fingerprint density at radius 1 is 0.421 bits per heavy atom. The Morgan fingerprint density at radius 3 is 1.60 bits per heavy atom. The predicted octanol–water partition coefficient (Wildman–Crippen LogP) is 11.0. The van der Waals surface area contributed by atoms with E-state index in [1.54, 1.807) is 16.5 Å². The van der Waals surface area contributed by atoms with Crippen molar-refractivity contribution in [3.63, 3.8) is 0 Å². The van der Waals surface area contributed by atoms with E-state index in [1.165, 1.54) is 0 Å². The third kappa shape index (κ3) is 4.20. The number of aromatic nitrogens is 6. The Kier molecular flexibility index (Phi) is 5.83. The normalized spacial score (nSPS) is 12.3. The second kappa shape index (κ2) is 11.0. The van der Waals surface area contributed by atoms with E-state index in [9.17, 15) is 4.79 Å². The zero-order valence-electron chi connectivity index (χ0n) is 29.7. The number of imidazole rings is 1. The highest BCUT2D eigenvalue weighted by molar-refractivity contribution is 6.20. The predicted molar refractivity (Wildman–Crippen MR) is 222 cm³/mol. The molecule has 0 aliphatic carbocycles. The van der Waals surface area contributed by atoms with E-state index >= 15 is 0 Å². The van der Waals surface area contributed by atoms with E-state index in [2.05, 4.69) is 30.3 Å². The number of para-hydroxylation sites is 4. The van der Waals surface area contributed by atoms with Gasteiger partial charge in [0.15, 0.2) is 11.6 Å². The van der Waals surface area contributed by atoms with Crippen LogP contribution in [0.5, 0.6) is 0 Å². The molecule has 0 bridgehead atoms. The number of rotatable bonds is 3. The lowest BCUT2D eigenvalue weighted by atomic mass is 10.1. The Bertz CT molecular complexity index is 3790. The zero-order chi connectivity index (χ0) is 37.4. The number of furan rings is 2. The molecule has 0 radical (unpaired) electrons. The van der Waals surface area contributed by atoms with Crippen LogP contribution in [0.25, 0.3) is 122 Å². The van der Waals surface area contributed by atoms with Crippen LogP contribution in [0.3, 0.4) is 0 Å². The van der Waals surface area contributed by atoms with E-state index in [0.29, 0.717) is 39.6 Å². The number of fused-ring (bicyclic) bond motifs is 14. The Morgan fingerprint density at radius 2 is 0.947 bits per heavy atom. The fourth-order valence-electron chi connectivity index (χ4n) is 8.46. The number of nitrogens with zero attached hydrogens (tertiary/aromatic N) is 6. The molecule has 7 aromatic carbocycles. The van der Waals surface area contributed by atoms with Crippen LogP contribution >= 0.6 is 0 Å². The van der Waals surface area contributed by atoms with Gasteiger partial charge in [-0.05, 0) is 66.7 Å². The van der Waals surface area contributed by atoms with Crippen LogP contribution in [0.2, 0.25) is 0 Å². The molecule has 0 unspecified atom stereocenters. The summed E-state index contributed by atoms with van der Waals surface area (Å²) in [6.07, 6.45) is 0. The van der Waals surface area contributed by atoms with Crippen molar-refractivity contribution in [1.82, 2.24) is 28.9 Å². The highest BCUT2D eigenvalue weighted by Gasteiger charge is 2.23. The van der Waals surface area contributed by atoms with E-state index < -0.39 is 0 Å². The van der Waals surface area contributed by atoms with Gasteiger partial charge in [-0.15, -0.1) is 0 Å². The summed E-state index contributed by atoms with van der Waals surface area (Å²) in [7, 11) is 0. The molecule has 0 aliphatic rings. The smallest absolute Gasteiger partial charge is 0.310 e. The average molecular weight is 737 g/mol. The molecular weight excluding hydrogens is 713 g/mol. The van der Waals surface area contributed by atoms with Crippen molar-refractivity contribution >= 4 is 93.5 Å². The summed E-state index contributed by atoms with van der Waals surface area (Å²) in [5, 5.41) is 6.37. The first-order chi connectivity index (χ1) is 28.1. The van der Waals surface area contributed by atoms with Crippen LogP contribution < -0.4 is 5.56 Å². The molecule has 0 atom stereocenters. The van der Waals surface area contributed by atoms with Crippen molar-refractivity contribution in [2.75, 3.05) is 0 Å². The zero-order valence-corrected chi connectivity index (χ0v) is 29.7. The third-order valence-electron chi connectivity index (χ3n) is 11.0. The largest absolute Gasteiger partial charge is 0.456 e. The molecule has 0 fully saturated rings. The number of hydrogen-bond donors (Lipinski definition) is 0. The van der Waals surface area contributed by atoms with Gasteiger partial charge < -0.3 is 13.3 Å². The number of benzene rings is 7.